The van der Waals surface area contributed by atoms with Crippen LogP contribution in [0.2, 0.25) is 0 Å². The Morgan fingerprint density at radius 3 is 2.26 bits per heavy atom. The van der Waals surface area contributed by atoms with Crippen molar-refractivity contribution < 1.29 is 17.9 Å². The summed E-state index contributed by atoms with van der Waals surface area (Å²) in [5.41, 5.74) is 3.25. The van der Waals surface area contributed by atoms with Crippen molar-refractivity contribution in [2.45, 2.75) is 57.8 Å². The minimum absolute atomic E-state index is 0.0537. The number of halogens is 1. The summed E-state index contributed by atoms with van der Waals surface area (Å²) in [5.74, 6) is 0.0596. The van der Waals surface area contributed by atoms with Crippen LogP contribution >= 0.6 is 15.9 Å². The van der Waals surface area contributed by atoms with E-state index in [9.17, 15) is 13.2 Å². The first-order valence-corrected chi connectivity index (χ1v) is 14.0. The Labute approximate surface area is 217 Å². The highest BCUT2D eigenvalue weighted by atomic mass is 79.9. The van der Waals surface area contributed by atoms with Crippen molar-refractivity contribution in [3.8, 4) is 5.75 Å². The summed E-state index contributed by atoms with van der Waals surface area (Å²) in [6, 6.07) is 19.2. The number of amides is 1. The lowest BCUT2D eigenvalue weighted by atomic mass is 10.0. The predicted molar refractivity (Wildman–Crippen MR) is 145 cm³/mol. The number of benzene rings is 3. The van der Waals surface area contributed by atoms with Crippen LogP contribution in [0, 0.1) is 6.92 Å². The molecule has 0 atom stereocenters. The second kappa shape index (κ2) is 11.9. The molecule has 0 saturated heterocycles. The molecule has 3 rings (SSSR count). The molecule has 0 bridgehead atoms. The number of nitrogens with zero attached hydrogens (tertiary/aromatic N) is 1. The van der Waals surface area contributed by atoms with Gasteiger partial charge in [0.15, 0.2) is 6.61 Å². The first-order valence-electron chi connectivity index (χ1n) is 11.8. The number of aryl methyl sites for hydroxylation is 2. The Morgan fingerprint density at radius 1 is 1.00 bits per heavy atom. The summed E-state index contributed by atoms with van der Waals surface area (Å²) in [5, 5.41) is 0. The molecule has 0 aliphatic rings. The van der Waals surface area contributed by atoms with Crippen molar-refractivity contribution in [1.29, 1.82) is 0 Å². The van der Waals surface area contributed by atoms with E-state index in [0.29, 0.717) is 11.4 Å². The van der Waals surface area contributed by atoms with Crippen LogP contribution < -0.4 is 9.04 Å². The minimum Gasteiger partial charge on any atom is -0.483 e. The van der Waals surface area contributed by atoms with Gasteiger partial charge in [-0.3, -0.25) is 4.79 Å². The van der Waals surface area contributed by atoms with E-state index in [-0.39, 0.29) is 10.8 Å². The van der Waals surface area contributed by atoms with Crippen LogP contribution in [0.15, 0.2) is 76.1 Å². The Bertz CT molecular complexity index is 1250. The van der Waals surface area contributed by atoms with Gasteiger partial charge in [-0.15, -0.1) is 0 Å². The van der Waals surface area contributed by atoms with Gasteiger partial charge in [0.05, 0.1) is 10.6 Å². The Balaban J connectivity index is 1.95. The fourth-order valence-corrected chi connectivity index (χ4v) is 5.50. The molecule has 0 unspecified atom stereocenters. The number of unbranched alkanes of at least 4 members (excludes halogenated alkanes) is 1. The Hall–Kier alpha value is -2.64. The molecule has 0 heterocycles. The van der Waals surface area contributed by atoms with E-state index >= 15 is 0 Å². The Morgan fingerprint density at radius 2 is 1.66 bits per heavy atom. The van der Waals surface area contributed by atoms with Crippen molar-refractivity contribution >= 4 is 37.5 Å². The molecule has 186 valence electrons. The average Bonchev–Trinajstić information content (AvgIpc) is 2.83. The van der Waals surface area contributed by atoms with Gasteiger partial charge in [0.1, 0.15) is 5.75 Å². The second-order valence-corrected chi connectivity index (χ2v) is 11.6. The zero-order valence-electron chi connectivity index (χ0n) is 20.6. The van der Waals surface area contributed by atoms with Crippen molar-refractivity contribution in [3.05, 3.63) is 87.9 Å². The summed E-state index contributed by atoms with van der Waals surface area (Å²) >= 11 is 3.47. The predicted octanol–water partition coefficient (Wildman–Crippen LogP) is 7.02. The molecule has 7 heteroatoms. The molecule has 0 radical (unpaired) electrons. The average molecular weight is 559 g/mol. The molecular formula is C28H32BrNO4S. The van der Waals surface area contributed by atoms with Crippen LogP contribution in [0.25, 0.3) is 0 Å². The summed E-state index contributed by atoms with van der Waals surface area (Å²) < 4.78 is 34.9. The molecule has 3 aromatic rings. The van der Waals surface area contributed by atoms with Crippen molar-refractivity contribution in [2.75, 3.05) is 10.9 Å². The van der Waals surface area contributed by atoms with E-state index < -0.39 is 22.5 Å². The third kappa shape index (κ3) is 6.73. The molecule has 0 N–H and O–H groups in total. The van der Waals surface area contributed by atoms with Crippen LogP contribution in [0.4, 0.5) is 5.69 Å². The van der Waals surface area contributed by atoms with Gasteiger partial charge >= 0.3 is 0 Å². The lowest BCUT2D eigenvalue weighted by molar-refractivity contribution is -0.119. The maximum Gasteiger partial charge on any atom is 0.278 e. The maximum absolute atomic E-state index is 13.6. The fraction of sp³-hybridized carbons (Fsp3) is 0.321. The molecule has 5 nitrogen and oxygen atoms in total. The van der Waals surface area contributed by atoms with Gasteiger partial charge in [0.25, 0.3) is 15.9 Å². The van der Waals surface area contributed by atoms with Gasteiger partial charge in [-0.2, -0.15) is 4.31 Å². The number of sulfonamides is 1. The Kier molecular flexibility index (Phi) is 9.14. The highest BCUT2D eigenvalue weighted by Crippen LogP contribution is 2.30. The standard InChI is InChI=1S/C28H32BrNO4S/c1-5-6-7-22-10-13-24(14-11-22)30(35(32,33)25-15-8-21(4)9-16-25)28(31)19-34-27-17-12-23(29)18-26(27)20(2)3/h8-18,20H,5-7,19H2,1-4H3. The number of carbonyl (C=O) groups excluding carboxylic acids is 1. The van der Waals surface area contributed by atoms with Crippen molar-refractivity contribution in [1.82, 2.24) is 0 Å². The molecule has 0 fully saturated rings. The second-order valence-electron chi connectivity index (χ2n) is 8.87. The van der Waals surface area contributed by atoms with E-state index in [2.05, 4.69) is 22.9 Å². The van der Waals surface area contributed by atoms with Crippen LogP contribution in [0.1, 0.15) is 56.2 Å². The lowest BCUT2D eigenvalue weighted by Gasteiger charge is -2.24. The van der Waals surface area contributed by atoms with Crippen LogP contribution in [0.3, 0.4) is 0 Å². The van der Waals surface area contributed by atoms with Gasteiger partial charge in [-0.25, -0.2) is 8.42 Å². The third-order valence-corrected chi connectivity index (χ3v) is 7.98. The summed E-state index contributed by atoms with van der Waals surface area (Å²) in [6.07, 6.45) is 3.02. The van der Waals surface area contributed by atoms with E-state index in [1.54, 1.807) is 30.3 Å². The number of hydrogen-bond donors (Lipinski definition) is 0. The number of carbonyl (C=O) groups is 1. The number of hydrogen-bond acceptors (Lipinski definition) is 4. The number of anilines is 1. The van der Waals surface area contributed by atoms with Gasteiger partial charge in [-0.05, 0) is 79.3 Å². The fourth-order valence-electron chi connectivity index (χ4n) is 3.71. The van der Waals surface area contributed by atoms with E-state index in [1.807, 2.05) is 45.0 Å². The molecular weight excluding hydrogens is 526 g/mol. The molecule has 35 heavy (non-hydrogen) atoms. The van der Waals surface area contributed by atoms with Crippen LogP contribution in [-0.2, 0) is 21.2 Å². The SMILES string of the molecule is CCCCc1ccc(N(C(=O)COc2ccc(Br)cc2C(C)C)S(=O)(=O)c2ccc(C)cc2)cc1. The highest BCUT2D eigenvalue weighted by molar-refractivity contribution is 9.10. The molecule has 0 spiro atoms. The molecule has 0 aliphatic carbocycles. The van der Waals surface area contributed by atoms with Gasteiger partial charge in [0.2, 0.25) is 0 Å². The number of ether oxygens (including phenoxy) is 1. The third-order valence-electron chi connectivity index (χ3n) is 5.72. The monoisotopic (exact) mass is 557 g/mol. The minimum atomic E-state index is -4.14. The van der Waals surface area contributed by atoms with Crippen LogP contribution in [0.5, 0.6) is 5.75 Å². The molecule has 0 aliphatic heterocycles. The smallest absolute Gasteiger partial charge is 0.278 e. The molecule has 0 saturated carbocycles. The van der Waals surface area contributed by atoms with Crippen molar-refractivity contribution in [3.63, 3.8) is 0 Å². The largest absolute Gasteiger partial charge is 0.483 e. The first-order chi connectivity index (χ1) is 16.6. The maximum atomic E-state index is 13.6. The highest BCUT2D eigenvalue weighted by Gasteiger charge is 2.31. The van der Waals surface area contributed by atoms with Crippen LogP contribution in [-0.4, -0.2) is 20.9 Å². The zero-order chi connectivity index (χ0) is 25.6. The quantitative estimate of drug-likeness (QED) is 0.268. The van der Waals surface area contributed by atoms with Gasteiger partial charge in [0, 0.05) is 4.47 Å². The van der Waals surface area contributed by atoms with Crippen molar-refractivity contribution in [2.24, 2.45) is 0 Å². The van der Waals surface area contributed by atoms with E-state index in [4.69, 9.17) is 4.74 Å². The lowest BCUT2D eigenvalue weighted by Crippen LogP contribution is -2.40. The molecule has 3 aromatic carbocycles. The van der Waals surface area contributed by atoms with E-state index in [1.165, 1.54) is 12.1 Å². The van der Waals surface area contributed by atoms with Gasteiger partial charge in [-0.1, -0.05) is 73.0 Å². The van der Waals surface area contributed by atoms with Gasteiger partial charge < -0.3 is 4.74 Å². The normalized spacial score (nSPS) is 11.5. The summed E-state index contributed by atoms with van der Waals surface area (Å²) in [7, 11) is -4.14. The molecule has 1 amide bonds. The number of rotatable bonds is 10. The summed E-state index contributed by atoms with van der Waals surface area (Å²) in [4.78, 5) is 13.5. The first kappa shape index (κ1) is 27.0. The topological polar surface area (TPSA) is 63.7 Å². The summed E-state index contributed by atoms with van der Waals surface area (Å²) in [6.45, 7) is 7.66. The van der Waals surface area contributed by atoms with E-state index in [0.717, 1.165) is 44.7 Å². The molecule has 0 aromatic heterocycles. The zero-order valence-corrected chi connectivity index (χ0v) is 23.0.